The minimum absolute atomic E-state index is 0.0352. The van der Waals surface area contributed by atoms with Gasteiger partial charge in [-0.3, -0.25) is 0 Å². The number of halogens is 5. The van der Waals surface area contributed by atoms with Crippen LogP contribution in [0.2, 0.25) is 10.0 Å². The average molecular weight is 331 g/mol. The topological polar surface area (TPSA) is 36.7 Å². The Balaban J connectivity index is 2.66. The SMILES string of the molecule is N#CCc1ccc(C(F)(F)F)nc1-c1ccc(Cl)cc1Cl. The molecule has 0 atom stereocenters. The second-order valence-electron chi connectivity index (χ2n) is 4.16. The third-order valence-corrected chi connectivity index (χ3v) is 3.27. The smallest absolute Gasteiger partial charge is 0.243 e. The van der Waals surface area contributed by atoms with E-state index in [0.29, 0.717) is 16.1 Å². The fourth-order valence-corrected chi connectivity index (χ4v) is 2.29. The minimum atomic E-state index is -4.57. The van der Waals surface area contributed by atoms with Crippen LogP contribution in [-0.2, 0) is 12.6 Å². The quantitative estimate of drug-likeness (QED) is 0.764. The van der Waals surface area contributed by atoms with E-state index in [1.807, 2.05) is 6.07 Å². The molecule has 0 aliphatic heterocycles. The fourth-order valence-electron chi connectivity index (χ4n) is 1.79. The Labute approximate surface area is 128 Å². The number of rotatable bonds is 2. The molecule has 0 N–H and O–H groups in total. The highest BCUT2D eigenvalue weighted by Gasteiger charge is 2.33. The van der Waals surface area contributed by atoms with Crippen LogP contribution in [0.5, 0.6) is 0 Å². The first-order chi connectivity index (χ1) is 9.82. The van der Waals surface area contributed by atoms with Crippen LogP contribution in [0.15, 0.2) is 30.3 Å². The number of pyridine rings is 1. The van der Waals surface area contributed by atoms with Gasteiger partial charge < -0.3 is 0 Å². The largest absolute Gasteiger partial charge is 0.433 e. The lowest BCUT2D eigenvalue weighted by atomic mass is 10.0. The Morgan fingerprint density at radius 2 is 1.86 bits per heavy atom. The van der Waals surface area contributed by atoms with Gasteiger partial charge in [0.25, 0.3) is 0 Å². The van der Waals surface area contributed by atoms with Gasteiger partial charge in [0.2, 0.25) is 0 Å². The van der Waals surface area contributed by atoms with Gasteiger partial charge in [-0.1, -0.05) is 29.3 Å². The molecule has 0 unspecified atom stereocenters. The zero-order chi connectivity index (χ0) is 15.6. The monoisotopic (exact) mass is 330 g/mol. The molecule has 0 saturated carbocycles. The van der Waals surface area contributed by atoms with Crippen molar-refractivity contribution in [3.05, 3.63) is 51.6 Å². The van der Waals surface area contributed by atoms with E-state index in [4.69, 9.17) is 28.5 Å². The number of aromatic nitrogens is 1. The lowest BCUT2D eigenvalue weighted by Crippen LogP contribution is -2.09. The maximum atomic E-state index is 12.8. The average Bonchev–Trinajstić information content (AvgIpc) is 2.39. The van der Waals surface area contributed by atoms with E-state index in [1.165, 1.54) is 24.3 Å². The summed E-state index contributed by atoms with van der Waals surface area (Å²) in [6.07, 6.45) is -4.64. The first-order valence-electron chi connectivity index (χ1n) is 5.72. The maximum absolute atomic E-state index is 12.8. The van der Waals surface area contributed by atoms with E-state index in [9.17, 15) is 13.2 Å². The van der Waals surface area contributed by atoms with Crippen LogP contribution in [0, 0.1) is 11.3 Å². The van der Waals surface area contributed by atoms with Crippen molar-refractivity contribution < 1.29 is 13.2 Å². The van der Waals surface area contributed by atoms with Gasteiger partial charge in [0, 0.05) is 10.6 Å². The van der Waals surface area contributed by atoms with Crippen molar-refractivity contribution in [1.82, 2.24) is 4.98 Å². The highest BCUT2D eigenvalue weighted by molar-refractivity contribution is 6.36. The molecule has 0 spiro atoms. The van der Waals surface area contributed by atoms with Gasteiger partial charge in [-0.05, 0) is 29.8 Å². The summed E-state index contributed by atoms with van der Waals surface area (Å²) >= 11 is 11.8. The van der Waals surface area contributed by atoms with Crippen LogP contribution >= 0.6 is 23.2 Å². The molecule has 0 radical (unpaired) electrons. The van der Waals surface area contributed by atoms with Crippen molar-refractivity contribution in [2.45, 2.75) is 12.6 Å². The van der Waals surface area contributed by atoms with Crippen molar-refractivity contribution in [1.29, 1.82) is 5.26 Å². The summed E-state index contributed by atoms with van der Waals surface area (Å²) in [7, 11) is 0. The number of nitrogens with zero attached hydrogens (tertiary/aromatic N) is 2. The molecule has 1 aromatic heterocycles. The van der Waals surface area contributed by atoms with Crippen LogP contribution in [0.4, 0.5) is 13.2 Å². The zero-order valence-electron chi connectivity index (χ0n) is 10.4. The predicted octanol–water partition coefficient (Wildman–Crippen LogP) is 5.14. The summed E-state index contributed by atoms with van der Waals surface area (Å²) in [6, 6.07) is 8.37. The molecule has 1 aromatic carbocycles. The van der Waals surface area contributed by atoms with Crippen molar-refractivity contribution in [3.8, 4) is 17.3 Å². The van der Waals surface area contributed by atoms with E-state index in [0.717, 1.165) is 6.07 Å². The van der Waals surface area contributed by atoms with Gasteiger partial charge in [-0.2, -0.15) is 18.4 Å². The van der Waals surface area contributed by atoms with Crippen molar-refractivity contribution >= 4 is 23.2 Å². The van der Waals surface area contributed by atoms with Gasteiger partial charge in [0.1, 0.15) is 5.69 Å². The summed E-state index contributed by atoms with van der Waals surface area (Å²) < 4.78 is 38.4. The van der Waals surface area contributed by atoms with Crippen molar-refractivity contribution in [3.63, 3.8) is 0 Å². The summed E-state index contributed by atoms with van der Waals surface area (Å²) in [5.74, 6) is 0. The molecule has 2 rings (SSSR count). The molecule has 21 heavy (non-hydrogen) atoms. The highest BCUT2D eigenvalue weighted by Crippen LogP contribution is 2.35. The van der Waals surface area contributed by atoms with Crippen LogP contribution < -0.4 is 0 Å². The molecule has 2 nitrogen and oxygen atoms in total. The minimum Gasteiger partial charge on any atom is -0.243 e. The first kappa shape index (κ1) is 15.6. The third kappa shape index (κ3) is 3.46. The zero-order valence-corrected chi connectivity index (χ0v) is 11.9. The standard InChI is InChI=1S/C14H7Cl2F3N2/c15-9-2-3-10(11(16)7-9)13-8(5-6-20)1-4-12(21-13)14(17,18)19/h1-4,7H,5H2. The van der Waals surface area contributed by atoms with Crippen LogP contribution in [0.3, 0.4) is 0 Å². The summed E-state index contributed by atoms with van der Waals surface area (Å²) in [4.78, 5) is 3.62. The van der Waals surface area contributed by atoms with E-state index < -0.39 is 11.9 Å². The molecular formula is C14H7Cl2F3N2. The molecule has 1 heterocycles. The van der Waals surface area contributed by atoms with Crippen LogP contribution in [0.1, 0.15) is 11.3 Å². The number of hydrogen-bond acceptors (Lipinski definition) is 2. The predicted molar refractivity (Wildman–Crippen MR) is 74.0 cm³/mol. The van der Waals surface area contributed by atoms with Crippen LogP contribution in [-0.4, -0.2) is 4.98 Å². The molecular weight excluding hydrogens is 324 g/mol. The molecule has 7 heteroatoms. The first-order valence-corrected chi connectivity index (χ1v) is 6.48. The van der Waals surface area contributed by atoms with E-state index >= 15 is 0 Å². The van der Waals surface area contributed by atoms with Gasteiger partial charge in [-0.25, -0.2) is 4.98 Å². The van der Waals surface area contributed by atoms with Gasteiger partial charge >= 0.3 is 6.18 Å². The van der Waals surface area contributed by atoms with Crippen molar-refractivity contribution in [2.75, 3.05) is 0 Å². The van der Waals surface area contributed by atoms with E-state index in [2.05, 4.69) is 4.98 Å². The lowest BCUT2D eigenvalue weighted by molar-refractivity contribution is -0.141. The normalized spacial score (nSPS) is 11.2. The molecule has 0 aliphatic rings. The van der Waals surface area contributed by atoms with Crippen molar-refractivity contribution in [2.24, 2.45) is 0 Å². The van der Waals surface area contributed by atoms with E-state index in [-0.39, 0.29) is 17.1 Å². The highest BCUT2D eigenvalue weighted by atomic mass is 35.5. The molecule has 0 saturated heterocycles. The Hall–Kier alpha value is -1.77. The van der Waals surface area contributed by atoms with E-state index in [1.54, 1.807) is 0 Å². The molecule has 0 aliphatic carbocycles. The van der Waals surface area contributed by atoms with Gasteiger partial charge in [0.15, 0.2) is 0 Å². The Bertz CT molecular complexity index is 721. The van der Waals surface area contributed by atoms with Gasteiger partial charge in [0.05, 0.1) is 23.2 Å². The molecule has 108 valence electrons. The Kier molecular flexibility index (Phi) is 4.40. The second kappa shape index (κ2) is 5.92. The number of alkyl halides is 3. The molecule has 2 aromatic rings. The van der Waals surface area contributed by atoms with Gasteiger partial charge in [-0.15, -0.1) is 0 Å². The number of hydrogen-bond donors (Lipinski definition) is 0. The Morgan fingerprint density at radius 1 is 1.14 bits per heavy atom. The summed E-state index contributed by atoms with van der Waals surface area (Å²) in [5, 5.41) is 9.31. The maximum Gasteiger partial charge on any atom is 0.433 e. The molecule has 0 amide bonds. The molecule has 0 bridgehead atoms. The molecule has 0 fully saturated rings. The Morgan fingerprint density at radius 3 is 2.43 bits per heavy atom. The number of nitriles is 1. The third-order valence-electron chi connectivity index (χ3n) is 2.73. The van der Waals surface area contributed by atoms with Crippen LogP contribution in [0.25, 0.3) is 11.3 Å². The number of benzene rings is 1. The summed E-state index contributed by atoms with van der Waals surface area (Å²) in [6.45, 7) is 0. The lowest BCUT2D eigenvalue weighted by Gasteiger charge is -2.12. The summed E-state index contributed by atoms with van der Waals surface area (Å²) in [5.41, 5.74) is -0.328. The fraction of sp³-hybridized carbons (Fsp3) is 0.143. The second-order valence-corrected chi connectivity index (χ2v) is 5.00.